The number of nitrogens with two attached hydrogens (primary N) is 1. The first kappa shape index (κ1) is 17.8. The summed E-state index contributed by atoms with van der Waals surface area (Å²) in [7, 11) is 2.13. The smallest absolute Gasteiger partial charge is 0.248 e. The lowest BCUT2D eigenvalue weighted by molar-refractivity contribution is 0.0999. The lowest BCUT2D eigenvalue weighted by atomic mass is 9.93. The van der Waals surface area contributed by atoms with Crippen molar-refractivity contribution in [2.45, 2.75) is 38.8 Å². The summed E-state index contributed by atoms with van der Waals surface area (Å²) in [6.07, 6.45) is 3.55. The lowest BCUT2D eigenvalue weighted by Crippen LogP contribution is -2.33. The number of likely N-dealkylation sites (tertiary alicyclic amines) is 1. The van der Waals surface area contributed by atoms with Crippen molar-refractivity contribution in [3.8, 4) is 0 Å². The Kier molecular flexibility index (Phi) is 4.75. The van der Waals surface area contributed by atoms with Crippen LogP contribution in [0.15, 0.2) is 48.5 Å². The minimum absolute atomic E-state index is 0.332. The number of piperidine rings is 1. The summed E-state index contributed by atoms with van der Waals surface area (Å²) in [6.45, 7) is 4.16. The largest absolute Gasteiger partial charge is 0.366 e. The Morgan fingerprint density at radius 3 is 2.78 bits per heavy atom. The van der Waals surface area contributed by atoms with Gasteiger partial charge in [-0.25, -0.2) is 0 Å². The number of carbonyl (C=O) groups excluding carboxylic acids is 1. The molecule has 4 nitrogen and oxygen atoms in total. The van der Waals surface area contributed by atoms with Crippen LogP contribution in [0.3, 0.4) is 0 Å². The Morgan fingerprint density at radius 1 is 1.15 bits per heavy atom. The van der Waals surface area contributed by atoms with Gasteiger partial charge in [-0.15, -0.1) is 0 Å². The monoisotopic (exact) mass is 361 g/mol. The van der Waals surface area contributed by atoms with Crippen LogP contribution in [0, 0.1) is 6.92 Å². The fourth-order valence-corrected chi connectivity index (χ4v) is 4.37. The van der Waals surface area contributed by atoms with E-state index in [1.807, 2.05) is 12.1 Å². The maximum atomic E-state index is 11.6. The van der Waals surface area contributed by atoms with E-state index in [2.05, 4.69) is 53.8 Å². The number of benzene rings is 2. The van der Waals surface area contributed by atoms with Gasteiger partial charge in [-0.05, 0) is 61.7 Å². The van der Waals surface area contributed by atoms with Crippen molar-refractivity contribution in [1.82, 2.24) is 9.47 Å². The first-order valence-corrected chi connectivity index (χ1v) is 9.72. The topological polar surface area (TPSA) is 51.3 Å². The number of rotatable bonds is 4. The number of nitrogens with zero attached hydrogens (tertiary/aromatic N) is 2. The van der Waals surface area contributed by atoms with E-state index in [0.29, 0.717) is 11.6 Å². The zero-order chi connectivity index (χ0) is 19.0. The number of aromatic nitrogens is 1. The van der Waals surface area contributed by atoms with Crippen molar-refractivity contribution in [2.24, 2.45) is 12.8 Å². The van der Waals surface area contributed by atoms with Gasteiger partial charge in [0.1, 0.15) is 0 Å². The normalized spacial score (nSPS) is 18.1. The van der Waals surface area contributed by atoms with Crippen molar-refractivity contribution < 1.29 is 4.79 Å². The average molecular weight is 361 g/mol. The number of primary amides is 1. The summed E-state index contributed by atoms with van der Waals surface area (Å²) in [5, 5.41) is 1.34. The third-order valence-corrected chi connectivity index (χ3v) is 5.96. The fourth-order valence-electron chi connectivity index (χ4n) is 4.37. The number of aryl methyl sites for hydroxylation is 2. The quantitative estimate of drug-likeness (QED) is 0.753. The van der Waals surface area contributed by atoms with E-state index in [1.165, 1.54) is 40.6 Å². The molecule has 1 amide bonds. The van der Waals surface area contributed by atoms with Gasteiger partial charge in [0.2, 0.25) is 5.91 Å². The van der Waals surface area contributed by atoms with Crippen LogP contribution in [-0.2, 0) is 13.6 Å². The summed E-state index contributed by atoms with van der Waals surface area (Å²) in [5.41, 5.74) is 11.2. The van der Waals surface area contributed by atoms with E-state index >= 15 is 0 Å². The van der Waals surface area contributed by atoms with Crippen LogP contribution in [0.5, 0.6) is 0 Å². The van der Waals surface area contributed by atoms with Gasteiger partial charge in [0.15, 0.2) is 0 Å². The molecule has 1 saturated heterocycles. The number of hydrogen-bond donors (Lipinski definition) is 1. The maximum absolute atomic E-state index is 11.6. The molecule has 2 aromatic carbocycles. The van der Waals surface area contributed by atoms with Gasteiger partial charge in [0.05, 0.1) is 0 Å². The highest BCUT2D eigenvalue weighted by molar-refractivity contribution is 5.92. The van der Waals surface area contributed by atoms with E-state index in [-0.39, 0.29) is 5.91 Å². The molecule has 0 aliphatic carbocycles. The first-order chi connectivity index (χ1) is 13.0. The predicted molar refractivity (Wildman–Crippen MR) is 110 cm³/mol. The van der Waals surface area contributed by atoms with Crippen LogP contribution >= 0.6 is 0 Å². The van der Waals surface area contributed by atoms with Gasteiger partial charge in [0.25, 0.3) is 0 Å². The zero-order valence-electron chi connectivity index (χ0n) is 16.1. The van der Waals surface area contributed by atoms with E-state index in [4.69, 9.17) is 5.73 Å². The van der Waals surface area contributed by atoms with Crippen molar-refractivity contribution >= 4 is 16.8 Å². The molecule has 1 unspecified atom stereocenters. The molecule has 27 heavy (non-hydrogen) atoms. The van der Waals surface area contributed by atoms with Gasteiger partial charge in [-0.1, -0.05) is 30.7 Å². The summed E-state index contributed by atoms with van der Waals surface area (Å²) >= 11 is 0. The molecule has 1 fully saturated rings. The Bertz CT molecular complexity index is 988. The molecule has 0 saturated carbocycles. The summed E-state index contributed by atoms with van der Waals surface area (Å²) in [5.74, 6) is -0.358. The molecule has 2 heterocycles. The Balaban J connectivity index is 1.67. The highest BCUT2D eigenvalue weighted by atomic mass is 16.1. The molecule has 3 aromatic rings. The summed E-state index contributed by atoms with van der Waals surface area (Å²) in [6, 6.07) is 17.1. The van der Waals surface area contributed by atoms with Crippen LogP contribution < -0.4 is 5.73 Å². The van der Waals surface area contributed by atoms with E-state index in [0.717, 1.165) is 19.5 Å². The molecule has 1 aromatic heterocycles. The number of fused-ring (bicyclic) bond motifs is 1. The maximum Gasteiger partial charge on any atom is 0.248 e. The molecule has 1 atom stereocenters. The van der Waals surface area contributed by atoms with Crippen LogP contribution in [-0.4, -0.2) is 21.9 Å². The average Bonchev–Trinajstić information content (AvgIpc) is 2.98. The van der Waals surface area contributed by atoms with Gasteiger partial charge in [0, 0.05) is 41.8 Å². The lowest BCUT2D eigenvalue weighted by Gasteiger charge is -2.36. The van der Waals surface area contributed by atoms with E-state index in [1.54, 1.807) is 6.07 Å². The van der Waals surface area contributed by atoms with Crippen molar-refractivity contribution in [2.75, 3.05) is 6.54 Å². The first-order valence-electron chi connectivity index (χ1n) is 9.72. The van der Waals surface area contributed by atoms with Crippen LogP contribution in [0.1, 0.15) is 52.5 Å². The molecule has 4 rings (SSSR count). The van der Waals surface area contributed by atoms with Gasteiger partial charge >= 0.3 is 0 Å². The van der Waals surface area contributed by atoms with Gasteiger partial charge in [-0.2, -0.15) is 0 Å². The molecule has 4 heteroatoms. The van der Waals surface area contributed by atoms with Gasteiger partial charge < -0.3 is 10.3 Å². The second kappa shape index (κ2) is 7.20. The van der Waals surface area contributed by atoms with Gasteiger partial charge in [-0.3, -0.25) is 9.69 Å². The summed E-state index contributed by atoms with van der Waals surface area (Å²) in [4.78, 5) is 14.2. The second-order valence-corrected chi connectivity index (χ2v) is 7.67. The molecular formula is C23H27N3O. The molecule has 0 radical (unpaired) electrons. The second-order valence-electron chi connectivity index (χ2n) is 7.67. The van der Waals surface area contributed by atoms with Crippen molar-refractivity contribution in [3.63, 3.8) is 0 Å². The van der Waals surface area contributed by atoms with Crippen LogP contribution in [0.2, 0.25) is 0 Å². The van der Waals surface area contributed by atoms with Crippen molar-refractivity contribution in [1.29, 1.82) is 0 Å². The summed E-state index contributed by atoms with van der Waals surface area (Å²) < 4.78 is 2.25. The molecule has 140 valence electrons. The Morgan fingerprint density at radius 2 is 1.96 bits per heavy atom. The molecular weight excluding hydrogens is 334 g/mol. The zero-order valence-corrected chi connectivity index (χ0v) is 16.1. The molecule has 0 bridgehead atoms. The van der Waals surface area contributed by atoms with E-state index < -0.39 is 0 Å². The van der Waals surface area contributed by atoms with Crippen LogP contribution in [0.4, 0.5) is 0 Å². The van der Waals surface area contributed by atoms with Crippen molar-refractivity contribution in [3.05, 3.63) is 70.9 Å². The molecule has 1 aliphatic rings. The number of amides is 1. The van der Waals surface area contributed by atoms with E-state index in [9.17, 15) is 4.79 Å². The molecule has 2 N–H and O–H groups in total. The minimum atomic E-state index is -0.358. The highest BCUT2D eigenvalue weighted by Crippen LogP contribution is 2.34. The highest BCUT2D eigenvalue weighted by Gasteiger charge is 2.25. The SMILES string of the molecule is Cc1cc2c(CN3CCCCC3c3cccc(C(N)=O)c3)cccc2n1C. The predicted octanol–water partition coefficient (Wildman–Crippen LogP) is 4.31. The fraction of sp³-hybridized carbons (Fsp3) is 0.348. The standard InChI is InChI=1S/C23H27N3O/c1-16-13-20-19(9-6-11-22(20)25(16)2)15-26-12-4-3-10-21(26)17-7-5-8-18(14-17)23(24)27/h5-9,11,13-14,21H,3-4,10,12,15H2,1-2H3,(H2,24,27). The molecule has 1 aliphatic heterocycles. The third kappa shape index (κ3) is 3.37. The number of hydrogen-bond acceptors (Lipinski definition) is 2. The molecule has 0 spiro atoms. The Labute approximate surface area is 160 Å². The third-order valence-electron chi connectivity index (χ3n) is 5.96. The number of carbonyl (C=O) groups is 1. The Hall–Kier alpha value is -2.59. The van der Waals surface area contributed by atoms with Crippen LogP contribution in [0.25, 0.3) is 10.9 Å². The minimum Gasteiger partial charge on any atom is -0.366 e.